The molecule has 1 fully saturated rings. The smallest absolute Gasteiger partial charge is 0.0222 e. The molecule has 7 heavy (non-hydrogen) atoms. The molecule has 1 rings (SSSR count). The van der Waals surface area contributed by atoms with Crippen LogP contribution in [0.1, 0.15) is 13.8 Å². The van der Waals surface area contributed by atoms with E-state index in [-0.39, 0.29) is 0 Å². The molecule has 42 valence electrons. The predicted molar refractivity (Wildman–Crippen MR) is 29.8 cm³/mol. The van der Waals surface area contributed by atoms with Crippen molar-refractivity contribution in [3.8, 4) is 0 Å². The van der Waals surface area contributed by atoms with Gasteiger partial charge in [-0.05, 0) is 12.8 Å². The van der Waals surface area contributed by atoms with Crippen LogP contribution < -0.4 is 10.9 Å². The highest BCUT2D eigenvalue weighted by atomic mass is 15.4. The van der Waals surface area contributed by atoms with Crippen molar-refractivity contribution in [3.05, 3.63) is 0 Å². The lowest BCUT2D eigenvalue weighted by atomic mass is 10.1. The van der Waals surface area contributed by atoms with Gasteiger partial charge in [-0.3, -0.25) is 10.9 Å². The average molecular weight is 100 g/mol. The van der Waals surface area contributed by atoms with E-state index in [9.17, 15) is 0 Å². The zero-order valence-corrected chi connectivity index (χ0v) is 4.86. The molecule has 0 amide bonds. The lowest BCUT2D eigenvalue weighted by Gasteiger charge is -2.03. The van der Waals surface area contributed by atoms with E-state index in [2.05, 4.69) is 24.7 Å². The maximum atomic E-state index is 3.12. The lowest BCUT2D eigenvalue weighted by Crippen LogP contribution is -2.28. The Kier molecular flexibility index (Phi) is 1.30. The van der Waals surface area contributed by atoms with Crippen molar-refractivity contribution >= 4 is 0 Å². The molecule has 1 saturated heterocycles. The van der Waals surface area contributed by atoms with Gasteiger partial charge in [0.15, 0.2) is 0 Å². The Bertz CT molecular complexity index is 55.1. The van der Waals surface area contributed by atoms with Crippen molar-refractivity contribution in [2.45, 2.75) is 19.9 Å². The molecule has 0 aromatic carbocycles. The van der Waals surface area contributed by atoms with Crippen LogP contribution in [0.25, 0.3) is 0 Å². The second kappa shape index (κ2) is 1.80. The first-order chi connectivity index (χ1) is 3.30. The van der Waals surface area contributed by atoms with E-state index in [1.54, 1.807) is 0 Å². The van der Waals surface area contributed by atoms with E-state index in [1.807, 2.05) is 0 Å². The molecule has 2 unspecified atom stereocenters. The minimum Gasteiger partial charge on any atom is -0.257 e. The summed E-state index contributed by atoms with van der Waals surface area (Å²) in [6.45, 7) is 5.53. The molecule has 0 spiro atoms. The summed E-state index contributed by atoms with van der Waals surface area (Å²) in [4.78, 5) is 0. The van der Waals surface area contributed by atoms with Crippen LogP contribution in [0.5, 0.6) is 0 Å². The van der Waals surface area contributed by atoms with Crippen molar-refractivity contribution in [1.82, 2.24) is 10.9 Å². The molecule has 2 N–H and O–H groups in total. The fraction of sp³-hybridized carbons (Fsp3) is 1.00. The Morgan fingerprint density at radius 2 is 2.14 bits per heavy atom. The summed E-state index contributed by atoms with van der Waals surface area (Å²) in [5.41, 5.74) is 6.19. The summed E-state index contributed by atoms with van der Waals surface area (Å²) in [7, 11) is 0. The quantitative estimate of drug-likeness (QED) is 0.452. The Morgan fingerprint density at radius 3 is 2.29 bits per heavy atom. The highest BCUT2D eigenvalue weighted by molar-refractivity contribution is 4.73. The highest BCUT2D eigenvalue weighted by Crippen LogP contribution is 2.03. The van der Waals surface area contributed by atoms with E-state index in [4.69, 9.17) is 0 Å². The molecule has 2 nitrogen and oxygen atoms in total. The number of hydrogen-bond acceptors (Lipinski definition) is 2. The van der Waals surface area contributed by atoms with Gasteiger partial charge in [-0.1, -0.05) is 6.92 Å². The second-order valence-electron chi connectivity index (χ2n) is 2.29. The average Bonchev–Trinajstić information content (AvgIpc) is 1.91. The fourth-order valence-corrected chi connectivity index (χ4v) is 0.700. The van der Waals surface area contributed by atoms with Gasteiger partial charge in [0.1, 0.15) is 0 Å². The summed E-state index contributed by atoms with van der Waals surface area (Å²) in [5, 5.41) is 0. The van der Waals surface area contributed by atoms with Crippen LogP contribution in [0, 0.1) is 5.92 Å². The summed E-state index contributed by atoms with van der Waals surface area (Å²) < 4.78 is 0. The van der Waals surface area contributed by atoms with Crippen molar-refractivity contribution in [2.75, 3.05) is 6.54 Å². The Morgan fingerprint density at radius 1 is 1.43 bits per heavy atom. The Labute approximate surface area is 44.3 Å². The van der Waals surface area contributed by atoms with E-state index >= 15 is 0 Å². The first-order valence-electron chi connectivity index (χ1n) is 2.79. The third-order valence-electron chi connectivity index (χ3n) is 1.61. The standard InChI is InChI=1S/C5H12N2/c1-4-3-6-7-5(4)2/h4-7H,3H2,1-2H3. The maximum Gasteiger partial charge on any atom is 0.0222 e. The predicted octanol–water partition coefficient (Wildman–Crippen LogP) is 0.119. The lowest BCUT2D eigenvalue weighted by molar-refractivity contribution is 0.525. The van der Waals surface area contributed by atoms with E-state index in [0.29, 0.717) is 6.04 Å². The number of hydrazine groups is 1. The highest BCUT2D eigenvalue weighted by Gasteiger charge is 2.16. The van der Waals surface area contributed by atoms with E-state index < -0.39 is 0 Å². The minimum absolute atomic E-state index is 0.653. The van der Waals surface area contributed by atoms with Crippen molar-refractivity contribution < 1.29 is 0 Å². The molecule has 2 atom stereocenters. The third-order valence-corrected chi connectivity index (χ3v) is 1.61. The van der Waals surface area contributed by atoms with Crippen molar-refractivity contribution in [1.29, 1.82) is 0 Å². The summed E-state index contributed by atoms with van der Waals surface area (Å²) in [6.07, 6.45) is 0. The summed E-state index contributed by atoms with van der Waals surface area (Å²) in [5.74, 6) is 0.792. The van der Waals surface area contributed by atoms with Crippen LogP contribution in [0.4, 0.5) is 0 Å². The molecule has 1 aliphatic heterocycles. The number of hydrogen-bond donors (Lipinski definition) is 2. The van der Waals surface area contributed by atoms with Crippen molar-refractivity contribution in [2.24, 2.45) is 5.92 Å². The maximum absolute atomic E-state index is 3.12. The molecule has 0 aromatic rings. The van der Waals surface area contributed by atoms with Gasteiger partial charge >= 0.3 is 0 Å². The van der Waals surface area contributed by atoms with Crippen molar-refractivity contribution in [3.63, 3.8) is 0 Å². The van der Waals surface area contributed by atoms with Gasteiger partial charge in [0.05, 0.1) is 0 Å². The molecule has 1 aliphatic rings. The molecule has 0 aliphatic carbocycles. The van der Waals surface area contributed by atoms with E-state index in [1.165, 1.54) is 0 Å². The third kappa shape index (κ3) is 0.924. The van der Waals surface area contributed by atoms with Gasteiger partial charge in [0.25, 0.3) is 0 Å². The monoisotopic (exact) mass is 100 g/mol. The molecular formula is C5H12N2. The largest absolute Gasteiger partial charge is 0.257 e. The first-order valence-corrected chi connectivity index (χ1v) is 2.79. The topological polar surface area (TPSA) is 24.1 Å². The van der Waals surface area contributed by atoms with Crippen LogP contribution in [-0.4, -0.2) is 12.6 Å². The van der Waals surface area contributed by atoms with Gasteiger partial charge in [-0.25, -0.2) is 0 Å². The molecule has 2 heteroatoms. The minimum atomic E-state index is 0.653. The van der Waals surface area contributed by atoms with Crippen LogP contribution >= 0.6 is 0 Å². The summed E-state index contributed by atoms with van der Waals surface area (Å²) >= 11 is 0. The van der Waals surface area contributed by atoms with Crippen LogP contribution in [0.3, 0.4) is 0 Å². The van der Waals surface area contributed by atoms with Gasteiger partial charge in [0.2, 0.25) is 0 Å². The Balaban J connectivity index is 2.33. The van der Waals surface area contributed by atoms with Gasteiger partial charge < -0.3 is 0 Å². The molecule has 0 aromatic heterocycles. The molecular weight excluding hydrogens is 88.1 g/mol. The normalized spacial score (nSPS) is 42.0. The van der Waals surface area contributed by atoms with Crippen LogP contribution in [-0.2, 0) is 0 Å². The molecule has 0 saturated carbocycles. The molecule has 0 radical (unpaired) electrons. The number of nitrogens with one attached hydrogen (secondary N) is 2. The SMILES string of the molecule is CC1CNNC1C. The zero-order chi connectivity index (χ0) is 5.28. The fourth-order valence-electron chi connectivity index (χ4n) is 0.700. The Hall–Kier alpha value is -0.0800. The van der Waals surface area contributed by atoms with Gasteiger partial charge in [-0.15, -0.1) is 0 Å². The molecule has 1 heterocycles. The second-order valence-corrected chi connectivity index (χ2v) is 2.29. The van der Waals surface area contributed by atoms with Crippen LogP contribution in [0.2, 0.25) is 0 Å². The van der Waals surface area contributed by atoms with Gasteiger partial charge in [-0.2, -0.15) is 0 Å². The first kappa shape index (κ1) is 5.06. The molecule has 0 bridgehead atoms. The van der Waals surface area contributed by atoms with E-state index in [0.717, 1.165) is 12.5 Å². The van der Waals surface area contributed by atoms with Gasteiger partial charge in [0, 0.05) is 12.6 Å². The van der Waals surface area contributed by atoms with Crippen LogP contribution in [0.15, 0.2) is 0 Å². The number of rotatable bonds is 0. The summed E-state index contributed by atoms with van der Waals surface area (Å²) in [6, 6.07) is 0.653. The zero-order valence-electron chi connectivity index (χ0n) is 4.86.